The van der Waals surface area contributed by atoms with E-state index in [1.807, 2.05) is 6.07 Å². The van der Waals surface area contributed by atoms with Gasteiger partial charge in [0.25, 0.3) is 0 Å². The highest BCUT2D eigenvalue weighted by atomic mass is 35.5. The van der Waals surface area contributed by atoms with Crippen LogP contribution in [0.25, 0.3) is 11.0 Å². The first-order chi connectivity index (χ1) is 10.1. The van der Waals surface area contributed by atoms with Crippen molar-refractivity contribution in [1.29, 1.82) is 0 Å². The van der Waals surface area contributed by atoms with Crippen molar-refractivity contribution in [2.75, 3.05) is 11.9 Å². The fourth-order valence-electron chi connectivity index (χ4n) is 2.17. The number of hydrogen-bond donors (Lipinski definition) is 2. The third kappa shape index (κ3) is 3.31. The Morgan fingerprint density at radius 1 is 1.10 bits per heavy atom. The lowest BCUT2D eigenvalue weighted by molar-refractivity contribution is 0.934. The van der Waals surface area contributed by atoms with Crippen LogP contribution in [-0.2, 0) is 6.42 Å². The molecule has 3 aromatic rings. The third-order valence-electron chi connectivity index (χ3n) is 3.32. The summed E-state index contributed by atoms with van der Waals surface area (Å²) in [5.74, 6) is 0.919. The van der Waals surface area contributed by atoms with Gasteiger partial charge in [0.05, 0.1) is 21.1 Å². The lowest BCUT2D eigenvalue weighted by atomic mass is 10.2. The molecule has 108 valence electrons. The minimum atomic E-state index is 0.528. The van der Waals surface area contributed by atoms with Crippen molar-refractivity contribution in [2.45, 2.75) is 13.3 Å². The predicted octanol–water partition coefficient (Wildman–Crippen LogP) is 4.83. The average molecular weight is 320 g/mol. The van der Waals surface area contributed by atoms with E-state index in [-0.39, 0.29) is 0 Å². The molecule has 2 N–H and O–H groups in total. The molecule has 5 heteroatoms. The van der Waals surface area contributed by atoms with Gasteiger partial charge in [0.15, 0.2) is 0 Å². The van der Waals surface area contributed by atoms with E-state index in [1.165, 1.54) is 5.56 Å². The maximum absolute atomic E-state index is 6.00. The molecular formula is C16H15Cl2N3. The summed E-state index contributed by atoms with van der Waals surface area (Å²) in [4.78, 5) is 7.79. The molecule has 0 aliphatic rings. The van der Waals surface area contributed by atoms with E-state index >= 15 is 0 Å². The molecule has 3 rings (SSSR count). The standard InChI is InChI=1S/C16H15Cl2N3/c1-10-2-4-11(5-3-10)19-7-6-16-20-14-8-12(17)13(18)9-15(14)21-16/h2-5,8-9,19H,6-7H2,1H3,(H,20,21). The molecule has 0 unspecified atom stereocenters. The summed E-state index contributed by atoms with van der Waals surface area (Å²) < 4.78 is 0. The van der Waals surface area contributed by atoms with E-state index in [0.717, 1.165) is 35.5 Å². The van der Waals surface area contributed by atoms with E-state index < -0.39 is 0 Å². The highest BCUT2D eigenvalue weighted by Gasteiger charge is 2.06. The number of fused-ring (bicyclic) bond motifs is 1. The van der Waals surface area contributed by atoms with Crippen LogP contribution in [0.5, 0.6) is 0 Å². The molecule has 0 atom stereocenters. The van der Waals surface area contributed by atoms with Crippen molar-refractivity contribution in [3.63, 3.8) is 0 Å². The zero-order valence-electron chi connectivity index (χ0n) is 11.6. The van der Waals surface area contributed by atoms with Crippen LogP contribution in [0.15, 0.2) is 36.4 Å². The largest absolute Gasteiger partial charge is 0.385 e. The quantitative estimate of drug-likeness (QED) is 0.722. The number of rotatable bonds is 4. The number of halogens is 2. The molecule has 0 fully saturated rings. The Kier molecular flexibility index (Phi) is 4.04. The first kappa shape index (κ1) is 14.2. The summed E-state index contributed by atoms with van der Waals surface area (Å²) in [6.45, 7) is 2.89. The molecule has 0 spiro atoms. The summed E-state index contributed by atoms with van der Waals surface area (Å²) in [6.07, 6.45) is 0.803. The van der Waals surface area contributed by atoms with E-state index in [0.29, 0.717) is 10.0 Å². The molecular weight excluding hydrogens is 305 g/mol. The van der Waals surface area contributed by atoms with Crippen LogP contribution in [0, 0.1) is 6.92 Å². The fourth-order valence-corrected chi connectivity index (χ4v) is 2.49. The summed E-state index contributed by atoms with van der Waals surface area (Å²) in [5, 5.41) is 4.44. The number of H-pyrrole nitrogens is 1. The first-order valence-electron chi connectivity index (χ1n) is 6.76. The average Bonchev–Trinajstić information content (AvgIpc) is 2.83. The Balaban J connectivity index is 1.66. The molecule has 1 aromatic heterocycles. The second-order valence-corrected chi connectivity index (χ2v) is 5.82. The maximum atomic E-state index is 6.00. The lowest BCUT2D eigenvalue weighted by Crippen LogP contribution is -2.05. The number of aromatic nitrogens is 2. The maximum Gasteiger partial charge on any atom is 0.108 e. The fraction of sp³-hybridized carbons (Fsp3) is 0.188. The molecule has 0 amide bonds. The zero-order chi connectivity index (χ0) is 14.8. The molecule has 0 saturated heterocycles. The van der Waals surface area contributed by atoms with Crippen molar-refractivity contribution >= 4 is 39.9 Å². The van der Waals surface area contributed by atoms with Gasteiger partial charge in [-0.2, -0.15) is 0 Å². The van der Waals surface area contributed by atoms with Gasteiger partial charge in [-0.3, -0.25) is 0 Å². The van der Waals surface area contributed by atoms with Crippen molar-refractivity contribution in [3.05, 3.63) is 57.8 Å². The minimum absolute atomic E-state index is 0.528. The van der Waals surface area contributed by atoms with Gasteiger partial charge in [0.1, 0.15) is 5.82 Å². The summed E-state index contributed by atoms with van der Waals surface area (Å²) in [7, 11) is 0. The number of nitrogens with zero attached hydrogens (tertiary/aromatic N) is 1. The van der Waals surface area contributed by atoms with Crippen LogP contribution in [0.4, 0.5) is 5.69 Å². The minimum Gasteiger partial charge on any atom is -0.385 e. The molecule has 2 aromatic carbocycles. The van der Waals surface area contributed by atoms with Gasteiger partial charge < -0.3 is 10.3 Å². The predicted molar refractivity (Wildman–Crippen MR) is 89.5 cm³/mol. The molecule has 0 aliphatic heterocycles. The smallest absolute Gasteiger partial charge is 0.108 e. The van der Waals surface area contributed by atoms with Crippen LogP contribution in [0.1, 0.15) is 11.4 Å². The van der Waals surface area contributed by atoms with Gasteiger partial charge in [0.2, 0.25) is 0 Å². The molecule has 1 heterocycles. The highest BCUT2D eigenvalue weighted by molar-refractivity contribution is 6.42. The number of aryl methyl sites for hydroxylation is 1. The van der Waals surface area contributed by atoms with Crippen LogP contribution in [0.2, 0.25) is 10.0 Å². The lowest BCUT2D eigenvalue weighted by Gasteiger charge is -2.05. The molecule has 3 nitrogen and oxygen atoms in total. The summed E-state index contributed by atoms with van der Waals surface area (Å²) in [5.41, 5.74) is 4.12. The van der Waals surface area contributed by atoms with Gasteiger partial charge in [-0.25, -0.2) is 4.98 Å². The Morgan fingerprint density at radius 2 is 1.81 bits per heavy atom. The number of imidazole rings is 1. The van der Waals surface area contributed by atoms with Crippen molar-refractivity contribution in [2.24, 2.45) is 0 Å². The van der Waals surface area contributed by atoms with Gasteiger partial charge in [0, 0.05) is 18.7 Å². The molecule has 0 saturated carbocycles. The van der Waals surface area contributed by atoms with E-state index in [9.17, 15) is 0 Å². The van der Waals surface area contributed by atoms with E-state index in [4.69, 9.17) is 23.2 Å². The van der Waals surface area contributed by atoms with Crippen molar-refractivity contribution in [1.82, 2.24) is 9.97 Å². The van der Waals surface area contributed by atoms with Gasteiger partial charge in [-0.15, -0.1) is 0 Å². The van der Waals surface area contributed by atoms with Crippen LogP contribution < -0.4 is 5.32 Å². The Morgan fingerprint density at radius 3 is 2.57 bits per heavy atom. The number of nitrogens with one attached hydrogen (secondary N) is 2. The number of benzene rings is 2. The number of anilines is 1. The first-order valence-corrected chi connectivity index (χ1v) is 7.51. The van der Waals surface area contributed by atoms with E-state index in [2.05, 4.69) is 46.5 Å². The number of aromatic amines is 1. The normalized spacial score (nSPS) is 11.0. The van der Waals surface area contributed by atoms with Crippen molar-refractivity contribution < 1.29 is 0 Å². The van der Waals surface area contributed by atoms with Crippen molar-refractivity contribution in [3.8, 4) is 0 Å². The Bertz CT molecular complexity index is 724. The monoisotopic (exact) mass is 319 g/mol. The molecule has 0 bridgehead atoms. The summed E-state index contributed by atoms with van der Waals surface area (Å²) in [6, 6.07) is 11.9. The third-order valence-corrected chi connectivity index (χ3v) is 4.04. The molecule has 21 heavy (non-hydrogen) atoms. The van der Waals surface area contributed by atoms with E-state index in [1.54, 1.807) is 6.07 Å². The van der Waals surface area contributed by atoms with Gasteiger partial charge >= 0.3 is 0 Å². The highest BCUT2D eigenvalue weighted by Crippen LogP contribution is 2.26. The van der Waals surface area contributed by atoms with Gasteiger partial charge in [-0.1, -0.05) is 40.9 Å². The van der Waals surface area contributed by atoms with Crippen LogP contribution >= 0.6 is 23.2 Å². The summed E-state index contributed by atoms with van der Waals surface area (Å²) >= 11 is 12.0. The zero-order valence-corrected chi connectivity index (χ0v) is 13.1. The second-order valence-electron chi connectivity index (χ2n) is 5.01. The Labute approximate surface area is 133 Å². The topological polar surface area (TPSA) is 40.7 Å². The second kappa shape index (κ2) is 5.96. The Hall–Kier alpha value is -1.71. The molecule has 0 aliphatic carbocycles. The van der Waals surface area contributed by atoms with Gasteiger partial charge in [-0.05, 0) is 31.2 Å². The number of hydrogen-bond acceptors (Lipinski definition) is 2. The molecule has 0 radical (unpaired) electrons. The SMILES string of the molecule is Cc1ccc(NCCc2nc3cc(Cl)c(Cl)cc3[nH]2)cc1. The van der Waals surface area contributed by atoms with Crippen LogP contribution in [-0.4, -0.2) is 16.5 Å². The van der Waals surface area contributed by atoms with Crippen LogP contribution in [0.3, 0.4) is 0 Å².